The first-order chi connectivity index (χ1) is 9.47. The summed E-state index contributed by atoms with van der Waals surface area (Å²) in [7, 11) is 3.65. The van der Waals surface area contributed by atoms with Crippen molar-refractivity contribution in [2.45, 2.75) is 6.54 Å². The molecule has 0 aliphatic rings. The van der Waals surface area contributed by atoms with E-state index in [1.807, 2.05) is 14.1 Å². The topological polar surface area (TPSA) is 71.2 Å². The fourth-order valence-electron chi connectivity index (χ4n) is 1.58. The number of hydrogen-bond acceptors (Lipinski definition) is 5. The number of halogens is 1. The van der Waals surface area contributed by atoms with Crippen LogP contribution in [0.5, 0.6) is 0 Å². The van der Waals surface area contributed by atoms with E-state index in [1.165, 1.54) is 23.5 Å². The summed E-state index contributed by atoms with van der Waals surface area (Å²) in [6.07, 6.45) is 0. The van der Waals surface area contributed by atoms with Crippen molar-refractivity contribution >= 4 is 28.2 Å². The molecule has 0 aliphatic carbocycles. The van der Waals surface area contributed by atoms with Crippen LogP contribution in [-0.4, -0.2) is 25.0 Å². The Kier molecular flexibility index (Phi) is 4.19. The molecule has 0 spiro atoms. The van der Waals surface area contributed by atoms with Crippen LogP contribution in [0.25, 0.3) is 0 Å². The van der Waals surface area contributed by atoms with Crippen molar-refractivity contribution in [2.24, 2.45) is 0 Å². The van der Waals surface area contributed by atoms with Crippen LogP contribution in [0.3, 0.4) is 0 Å². The summed E-state index contributed by atoms with van der Waals surface area (Å²) in [6, 6.07) is 6.07. The Labute approximate surface area is 120 Å². The maximum atomic E-state index is 13.0. The Morgan fingerprint density at radius 3 is 2.85 bits per heavy atom. The Hall–Kier alpha value is -2.15. The lowest BCUT2D eigenvalue weighted by Crippen LogP contribution is -2.22. The minimum Gasteiger partial charge on any atom is -0.382 e. The number of benzene rings is 1. The summed E-state index contributed by atoms with van der Waals surface area (Å²) in [4.78, 5) is 18.3. The van der Waals surface area contributed by atoms with Gasteiger partial charge in [-0.1, -0.05) is 23.5 Å². The smallest absolute Gasteiger partial charge is 0.265 e. The van der Waals surface area contributed by atoms with Gasteiger partial charge in [0.1, 0.15) is 16.5 Å². The molecule has 1 aromatic carbocycles. The van der Waals surface area contributed by atoms with E-state index in [1.54, 1.807) is 17.0 Å². The van der Waals surface area contributed by atoms with Gasteiger partial charge in [-0.3, -0.25) is 4.79 Å². The molecule has 0 saturated heterocycles. The van der Waals surface area contributed by atoms with Crippen LogP contribution in [0.15, 0.2) is 24.3 Å². The molecule has 106 valence electrons. The lowest BCUT2D eigenvalue weighted by atomic mass is 10.2. The van der Waals surface area contributed by atoms with E-state index in [9.17, 15) is 9.18 Å². The van der Waals surface area contributed by atoms with Gasteiger partial charge >= 0.3 is 0 Å². The van der Waals surface area contributed by atoms with E-state index < -0.39 is 0 Å². The Balaban J connectivity index is 2.05. The summed E-state index contributed by atoms with van der Waals surface area (Å²) in [6.45, 7) is 0.241. The number of nitrogens with two attached hydrogens (primary N) is 1. The summed E-state index contributed by atoms with van der Waals surface area (Å²) >= 11 is 1.22. The van der Waals surface area contributed by atoms with Crippen molar-refractivity contribution in [3.63, 3.8) is 0 Å². The highest BCUT2D eigenvalue weighted by Crippen LogP contribution is 2.26. The Bertz CT molecular complexity index is 627. The third kappa shape index (κ3) is 3.24. The molecular weight excluding hydrogens is 279 g/mol. The highest BCUT2D eigenvalue weighted by molar-refractivity contribution is 7.18. The number of rotatable bonds is 4. The SMILES string of the molecule is CN(C)c1nc(N)c(C(=O)NCc2cccc(F)c2)s1. The molecule has 0 unspecified atom stereocenters. The van der Waals surface area contributed by atoms with Crippen LogP contribution in [-0.2, 0) is 6.54 Å². The van der Waals surface area contributed by atoms with Gasteiger partial charge in [0.15, 0.2) is 5.13 Å². The third-order valence-electron chi connectivity index (χ3n) is 2.57. The number of anilines is 2. The molecule has 1 aromatic heterocycles. The summed E-state index contributed by atoms with van der Waals surface area (Å²) < 4.78 is 13.0. The van der Waals surface area contributed by atoms with Crippen molar-refractivity contribution < 1.29 is 9.18 Å². The highest BCUT2D eigenvalue weighted by Gasteiger charge is 2.16. The molecule has 0 saturated carbocycles. The number of amides is 1. The van der Waals surface area contributed by atoms with Crippen LogP contribution in [0.2, 0.25) is 0 Å². The zero-order chi connectivity index (χ0) is 14.7. The molecule has 20 heavy (non-hydrogen) atoms. The van der Waals surface area contributed by atoms with E-state index in [0.717, 1.165) is 0 Å². The summed E-state index contributed by atoms with van der Waals surface area (Å²) in [5.41, 5.74) is 6.41. The first-order valence-corrected chi connectivity index (χ1v) is 6.75. The van der Waals surface area contributed by atoms with E-state index in [4.69, 9.17) is 5.73 Å². The predicted molar refractivity (Wildman–Crippen MR) is 78.4 cm³/mol. The van der Waals surface area contributed by atoms with Crippen LogP contribution < -0.4 is 16.0 Å². The molecule has 2 rings (SSSR count). The monoisotopic (exact) mass is 294 g/mol. The largest absolute Gasteiger partial charge is 0.382 e. The standard InChI is InChI=1S/C13H15FN4OS/c1-18(2)13-17-11(15)10(20-13)12(19)16-7-8-4-3-5-9(14)6-8/h3-6H,7,15H2,1-2H3,(H,16,19). The van der Waals surface area contributed by atoms with Crippen molar-refractivity contribution in [2.75, 3.05) is 24.7 Å². The number of nitrogens with one attached hydrogen (secondary N) is 1. The van der Waals surface area contributed by atoms with Crippen LogP contribution in [0.4, 0.5) is 15.3 Å². The van der Waals surface area contributed by atoms with Gasteiger partial charge in [-0.15, -0.1) is 0 Å². The van der Waals surface area contributed by atoms with Gasteiger partial charge in [0, 0.05) is 20.6 Å². The zero-order valence-electron chi connectivity index (χ0n) is 11.2. The number of nitrogens with zero attached hydrogens (tertiary/aromatic N) is 2. The van der Waals surface area contributed by atoms with Gasteiger partial charge in [0.05, 0.1) is 0 Å². The average molecular weight is 294 g/mol. The van der Waals surface area contributed by atoms with Crippen molar-refractivity contribution in [1.82, 2.24) is 10.3 Å². The maximum absolute atomic E-state index is 13.0. The molecule has 1 amide bonds. The first kappa shape index (κ1) is 14.3. The summed E-state index contributed by atoms with van der Waals surface area (Å²) in [5.74, 6) is -0.434. The van der Waals surface area contributed by atoms with E-state index >= 15 is 0 Å². The molecule has 7 heteroatoms. The van der Waals surface area contributed by atoms with Gasteiger partial charge in [-0.2, -0.15) is 0 Å². The number of thiazole rings is 1. The van der Waals surface area contributed by atoms with Gasteiger partial charge in [-0.25, -0.2) is 9.37 Å². The molecule has 0 atom stereocenters. The van der Waals surface area contributed by atoms with Crippen LogP contribution in [0.1, 0.15) is 15.2 Å². The maximum Gasteiger partial charge on any atom is 0.265 e. The molecule has 0 aliphatic heterocycles. The fourth-order valence-corrected chi connectivity index (χ4v) is 2.41. The number of nitrogen functional groups attached to an aromatic ring is 1. The average Bonchev–Trinajstić information content (AvgIpc) is 2.78. The minimum atomic E-state index is -0.330. The number of carbonyl (C=O) groups is 1. The second-order valence-corrected chi connectivity index (χ2v) is 5.40. The lowest BCUT2D eigenvalue weighted by Gasteiger charge is -2.05. The molecule has 5 nitrogen and oxygen atoms in total. The molecule has 0 fully saturated rings. The van der Waals surface area contributed by atoms with Gasteiger partial charge < -0.3 is 16.0 Å². The minimum absolute atomic E-state index is 0.204. The fraction of sp³-hybridized carbons (Fsp3) is 0.231. The molecule has 1 heterocycles. The number of aromatic nitrogens is 1. The quantitative estimate of drug-likeness (QED) is 0.903. The number of carbonyl (C=O) groups excluding carboxylic acids is 1. The van der Waals surface area contributed by atoms with Crippen LogP contribution >= 0.6 is 11.3 Å². The zero-order valence-corrected chi connectivity index (χ0v) is 12.0. The van der Waals surface area contributed by atoms with Gasteiger partial charge in [-0.05, 0) is 17.7 Å². The van der Waals surface area contributed by atoms with Crippen molar-refractivity contribution in [1.29, 1.82) is 0 Å². The van der Waals surface area contributed by atoms with Gasteiger partial charge in [0.25, 0.3) is 5.91 Å². The lowest BCUT2D eigenvalue weighted by molar-refractivity contribution is 0.0955. The summed E-state index contributed by atoms with van der Waals surface area (Å²) in [5, 5.41) is 3.37. The molecule has 2 aromatic rings. The third-order valence-corrected chi connectivity index (χ3v) is 3.81. The predicted octanol–water partition coefficient (Wildman–Crippen LogP) is 1.86. The van der Waals surface area contributed by atoms with E-state index in [-0.39, 0.29) is 24.1 Å². The van der Waals surface area contributed by atoms with E-state index in [0.29, 0.717) is 15.6 Å². The first-order valence-electron chi connectivity index (χ1n) is 5.93. The van der Waals surface area contributed by atoms with Gasteiger partial charge in [0.2, 0.25) is 0 Å². The van der Waals surface area contributed by atoms with Crippen molar-refractivity contribution in [3.8, 4) is 0 Å². The van der Waals surface area contributed by atoms with E-state index in [2.05, 4.69) is 10.3 Å². The molecule has 3 N–H and O–H groups in total. The second-order valence-electron chi connectivity index (χ2n) is 4.42. The molecule has 0 radical (unpaired) electrons. The normalized spacial score (nSPS) is 10.3. The highest BCUT2D eigenvalue weighted by atomic mass is 32.1. The number of hydrogen-bond donors (Lipinski definition) is 2. The molecule has 0 bridgehead atoms. The Morgan fingerprint density at radius 1 is 1.50 bits per heavy atom. The Morgan fingerprint density at radius 2 is 2.25 bits per heavy atom. The second kappa shape index (κ2) is 5.87. The van der Waals surface area contributed by atoms with Crippen molar-refractivity contribution in [3.05, 3.63) is 40.5 Å². The molecular formula is C13H15FN4OS. The van der Waals surface area contributed by atoms with Crippen LogP contribution in [0, 0.1) is 5.82 Å².